The minimum Gasteiger partial charge on any atom is -0.308 e. The number of rotatable bonds is 5. The molecule has 0 aliphatic heterocycles. The summed E-state index contributed by atoms with van der Waals surface area (Å²) in [5.74, 6) is 0.912. The molecular weight excluding hydrogens is 216 g/mol. The number of hydrogen-bond acceptors (Lipinski definition) is 3. The van der Waals surface area contributed by atoms with Crippen LogP contribution in [0.15, 0.2) is 5.38 Å². The third kappa shape index (κ3) is 3.05. The second-order valence-corrected chi connectivity index (χ2v) is 5.74. The van der Waals surface area contributed by atoms with E-state index in [2.05, 4.69) is 29.5 Å². The summed E-state index contributed by atoms with van der Waals surface area (Å²) in [6.07, 6.45) is 6.83. The lowest BCUT2D eigenvalue weighted by Crippen LogP contribution is -2.26. The Balaban J connectivity index is 1.85. The van der Waals surface area contributed by atoms with Crippen molar-refractivity contribution in [3.05, 3.63) is 16.1 Å². The highest BCUT2D eigenvalue weighted by Crippen LogP contribution is 2.26. The van der Waals surface area contributed by atoms with E-state index in [1.807, 2.05) is 0 Å². The Labute approximate surface area is 102 Å². The Kier molecular flexibility index (Phi) is 4.36. The van der Waals surface area contributed by atoms with Gasteiger partial charge in [0.25, 0.3) is 0 Å². The molecule has 0 amide bonds. The Hall–Kier alpha value is -0.410. The van der Waals surface area contributed by atoms with E-state index in [0.29, 0.717) is 6.04 Å². The van der Waals surface area contributed by atoms with E-state index in [0.717, 1.165) is 18.0 Å². The maximum atomic E-state index is 4.58. The number of nitrogens with one attached hydrogen (secondary N) is 1. The van der Waals surface area contributed by atoms with Gasteiger partial charge in [0.05, 0.1) is 6.04 Å². The van der Waals surface area contributed by atoms with E-state index in [1.54, 1.807) is 11.3 Å². The summed E-state index contributed by atoms with van der Waals surface area (Å²) < 4.78 is 0. The molecule has 1 heterocycles. The van der Waals surface area contributed by atoms with Crippen molar-refractivity contribution >= 4 is 11.3 Å². The standard InChI is InChI=1S/C13H22N2S/c1-3-12(13-15-10(2)9-16-13)14-8-11-6-4-5-7-11/h9,11-12,14H,3-8H2,1-2H3. The lowest BCUT2D eigenvalue weighted by atomic mass is 10.1. The maximum absolute atomic E-state index is 4.58. The van der Waals surface area contributed by atoms with Crippen LogP contribution in [0.3, 0.4) is 0 Å². The summed E-state index contributed by atoms with van der Waals surface area (Å²) in [7, 11) is 0. The Morgan fingerprint density at radius 1 is 1.50 bits per heavy atom. The number of hydrogen-bond donors (Lipinski definition) is 1. The average molecular weight is 238 g/mol. The van der Waals surface area contributed by atoms with E-state index >= 15 is 0 Å². The molecule has 1 unspecified atom stereocenters. The van der Waals surface area contributed by atoms with Gasteiger partial charge in [0.15, 0.2) is 0 Å². The third-order valence-electron chi connectivity index (χ3n) is 3.47. The summed E-state index contributed by atoms with van der Waals surface area (Å²) in [5, 5.41) is 7.10. The van der Waals surface area contributed by atoms with Crippen LogP contribution in [0.5, 0.6) is 0 Å². The van der Waals surface area contributed by atoms with Crippen molar-refractivity contribution in [1.29, 1.82) is 0 Å². The van der Waals surface area contributed by atoms with Gasteiger partial charge in [-0.3, -0.25) is 0 Å². The highest BCUT2D eigenvalue weighted by Gasteiger charge is 2.18. The van der Waals surface area contributed by atoms with Crippen LogP contribution in [0.25, 0.3) is 0 Å². The first-order valence-corrected chi connectivity index (χ1v) is 7.33. The minimum atomic E-state index is 0.472. The van der Waals surface area contributed by atoms with Gasteiger partial charge in [0.2, 0.25) is 0 Å². The van der Waals surface area contributed by atoms with E-state index in [1.165, 1.54) is 37.2 Å². The molecule has 16 heavy (non-hydrogen) atoms. The summed E-state index contributed by atoms with van der Waals surface area (Å²) in [4.78, 5) is 4.58. The van der Waals surface area contributed by atoms with Gasteiger partial charge in [-0.1, -0.05) is 19.8 Å². The summed E-state index contributed by atoms with van der Waals surface area (Å²) in [5.41, 5.74) is 1.15. The lowest BCUT2D eigenvalue weighted by molar-refractivity contribution is 0.430. The van der Waals surface area contributed by atoms with Crippen LogP contribution in [0.2, 0.25) is 0 Å². The fourth-order valence-corrected chi connectivity index (χ4v) is 3.42. The second-order valence-electron chi connectivity index (χ2n) is 4.85. The Morgan fingerprint density at radius 3 is 2.81 bits per heavy atom. The number of thiazole rings is 1. The van der Waals surface area contributed by atoms with Gasteiger partial charge in [-0.2, -0.15) is 0 Å². The van der Waals surface area contributed by atoms with Crippen LogP contribution in [0.1, 0.15) is 55.8 Å². The molecule has 1 atom stereocenters. The van der Waals surface area contributed by atoms with Crippen molar-refractivity contribution < 1.29 is 0 Å². The van der Waals surface area contributed by atoms with Crippen LogP contribution in [-0.2, 0) is 0 Å². The molecule has 1 aliphatic carbocycles. The average Bonchev–Trinajstić information content (AvgIpc) is 2.91. The van der Waals surface area contributed by atoms with Crippen LogP contribution in [0, 0.1) is 12.8 Å². The van der Waals surface area contributed by atoms with Gasteiger partial charge < -0.3 is 5.32 Å². The van der Waals surface area contributed by atoms with Gasteiger partial charge in [-0.05, 0) is 38.6 Å². The topological polar surface area (TPSA) is 24.9 Å². The fourth-order valence-electron chi connectivity index (χ4n) is 2.46. The zero-order valence-electron chi connectivity index (χ0n) is 10.3. The van der Waals surface area contributed by atoms with Gasteiger partial charge >= 0.3 is 0 Å². The molecule has 0 radical (unpaired) electrons. The molecule has 0 bridgehead atoms. The quantitative estimate of drug-likeness (QED) is 0.846. The molecule has 1 N–H and O–H groups in total. The molecule has 1 fully saturated rings. The Morgan fingerprint density at radius 2 is 2.25 bits per heavy atom. The minimum absolute atomic E-state index is 0.472. The molecule has 0 saturated heterocycles. The van der Waals surface area contributed by atoms with Crippen molar-refractivity contribution in [2.24, 2.45) is 5.92 Å². The summed E-state index contributed by atoms with van der Waals surface area (Å²) in [6, 6.07) is 0.472. The SMILES string of the molecule is CCC(NCC1CCCC1)c1nc(C)cs1. The van der Waals surface area contributed by atoms with Gasteiger partial charge in [-0.15, -0.1) is 11.3 Å². The number of nitrogens with zero attached hydrogens (tertiary/aromatic N) is 1. The molecule has 90 valence electrons. The smallest absolute Gasteiger partial charge is 0.110 e. The zero-order valence-corrected chi connectivity index (χ0v) is 11.1. The zero-order chi connectivity index (χ0) is 11.4. The van der Waals surface area contributed by atoms with Crippen molar-refractivity contribution in [3.8, 4) is 0 Å². The van der Waals surface area contributed by atoms with Crippen molar-refractivity contribution in [1.82, 2.24) is 10.3 Å². The molecule has 1 saturated carbocycles. The largest absolute Gasteiger partial charge is 0.308 e. The molecule has 1 aromatic rings. The maximum Gasteiger partial charge on any atom is 0.110 e. The second kappa shape index (κ2) is 5.78. The lowest BCUT2D eigenvalue weighted by Gasteiger charge is -2.17. The highest BCUT2D eigenvalue weighted by atomic mass is 32.1. The van der Waals surface area contributed by atoms with Gasteiger partial charge in [-0.25, -0.2) is 4.98 Å². The normalized spacial score (nSPS) is 19.1. The molecule has 2 nitrogen and oxygen atoms in total. The number of aromatic nitrogens is 1. The van der Waals surface area contributed by atoms with Crippen molar-refractivity contribution in [2.75, 3.05) is 6.54 Å². The van der Waals surface area contributed by atoms with Crippen LogP contribution < -0.4 is 5.32 Å². The van der Waals surface area contributed by atoms with E-state index in [-0.39, 0.29) is 0 Å². The van der Waals surface area contributed by atoms with Crippen LogP contribution in [-0.4, -0.2) is 11.5 Å². The van der Waals surface area contributed by atoms with Crippen molar-refractivity contribution in [2.45, 2.75) is 52.0 Å². The monoisotopic (exact) mass is 238 g/mol. The molecule has 0 spiro atoms. The van der Waals surface area contributed by atoms with E-state index in [9.17, 15) is 0 Å². The first-order valence-electron chi connectivity index (χ1n) is 6.45. The highest BCUT2D eigenvalue weighted by molar-refractivity contribution is 7.09. The third-order valence-corrected chi connectivity index (χ3v) is 4.55. The number of aryl methyl sites for hydroxylation is 1. The predicted molar refractivity (Wildman–Crippen MR) is 69.8 cm³/mol. The molecule has 1 aromatic heterocycles. The van der Waals surface area contributed by atoms with E-state index in [4.69, 9.17) is 0 Å². The molecular formula is C13H22N2S. The predicted octanol–water partition coefficient (Wildman–Crippen LogP) is 3.68. The summed E-state index contributed by atoms with van der Waals surface area (Å²) >= 11 is 1.79. The van der Waals surface area contributed by atoms with Gasteiger partial charge in [0, 0.05) is 11.1 Å². The first kappa shape index (κ1) is 12.1. The van der Waals surface area contributed by atoms with Crippen LogP contribution in [0.4, 0.5) is 0 Å². The molecule has 1 aliphatic rings. The molecule has 3 heteroatoms. The first-order chi connectivity index (χ1) is 7.79. The van der Waals surface area contributed by atoms with Gasteiger partial charge in [0.1, 0.15) is 5.01 Å². The summed E-state index contributed by atoms with van der Waals surface area (Å²) in [6.45, 7) is 5.49. The van der Waals surface area contributed by atoms with Crippen LogP contribution >= 0.6 is 11.3 Å². The van der Waals surface area contributed by atoms with E-state index < -0.39 is 0 Å². The van der Waals surface area contributed by atoms with Crippen molar-refractivity contribution in [3.63, 3.8) is 0 Å². The fraction of sp³-hybridized carbons (Fsp3) is 0.769. The Bertz CT molecular complexity index is 315. The molecule has 2 rings (SSSR count). The molecule has 0 aromatic carbocycles.